The van der Waals surface area contributed by atoms with Crippen LogP contribution in [0.2, 0.25) is 0 Å². The molecule has 0 aliphatic rings. The van der Waals surface area contributed by atoms with Crippen molar-refractivity contribution in [1.82, 2.24) is 10.2 Å². The van der Waals surface area contributed by atoms with E-state index in [1.165, 1.54) is 25.3 Å². The second kappa shape index (κ2) is 10.3. The molecule has 9 heteroatoms. The van der Waals surface area contributed by atoms with E-state index in [1.807, 2.05) is 6.92 Å². The zero-order valence-electron chi connectivity index (χ0n) is 15.0. The number of nitrogens with zero attached hydrogens (tertiary/aromatic N) is 1. The normalized spacial score (nSPS) is 11.3. The van der Waals surface area contributed by atoms with Gasteiger partial charge in [0, 0.05) is 19.7 Å². The van der Waals surface area contributed by atoms with Crippen molar-refractivity contribution < 1.29 is 32.3 Å². The lowest BCUT2D eigenvalue weighted by Crippen LogP contribution is -2.40. The monoisotopic (exact) mass is 386 g/mol. The Balaban J connectivity index is 2.44. The molecule has 1 aromatic rings. The number of nitrogens with one attached hydrogen (secondary N) is 1. The lowest BCUT2D eigenvalue weighted by atomic mass is 10.1. The molecule has 0 unspecified atom stereocenters. The van der Waals surface area contributed by atoms with Crippen molar-refractivity contribution >= 4 is 23.9 Å². The Morgan fingerprint density at radius 3 is 2.37 bits per heavy atom. The zero-order valence-corrected chi connectivity index (χ0v) is 15.0. The molecule has 0 aliphatic heterocycles. The van der Waals surface area contributed by atoms with Crippen molar-refractivity contribution in [2.75, 3.05) is 26.7 Å². The maximum absolute atomic E-state index is 12.5. The second-order valence-electron chi connectivity index (χ2n) is 5.66. The van der Waals surface area contributed by atoms with Crippen LogP contribution in [0.15, 0.2) is 30.3 Å². The highest BCUT2D eigenvalue weighted by molar-refractivity contribution is 5.90. The third-order valence-electron chi connectivity index (χ3n) is 3.37. The Hall–Kier alpha value is -2.84. The highest BCUT2D eigenvalue weighted by Gasteiger charge is 2.29. The molecule has 0 bridgehead atoms. The highest BCUT2D eigenvalue weighted by atomic mass is 19.4. The summed E-state index contributed by atoms with van der Waals surface area (Å²) >= 11 is 0. The van der Waals surface area contributed by atoms with Gasteiger partial charge in [0.2, 0.25) is 5.91 Å². The van der Waals surface area contributed by atoms with Gasteiger partial charge < -0.3 is 15.0 Å². The molecule has 0 spiro atoms. The number of hydrogen-bond donors (Lipinski definition) is 1. The molecule has 0 atom stereocenters. The molecule has 1 aromatic carbocycles. The van der Waals surface area contributed by atoms with Crippen molar-refractivity contribution in [3.63, 3.8) is 0 Å². The molecule has 0 aliphatic carbocycles. The van der Waals surface area contributed by atoms with Crippen molar-refractivity contribution in [2.45, 2.75) is 19.5 Å². The summed E-state index contributed by atoms with van der Waals surface area (Å²) in [5.41, 5.74) is -0.421. The summed E-state index contributed by atoms with van der Waals surface area (Å²) < 4.78 is 42.1. The number of halogens is 3. The van der Waals surface area contributed by atoms with Gasteiger partial charge in [0.25, 0.3) is 5.91 Å². The molecule has 0 radical (unpaired) electrons. The summed E-state index contributed by atoms with van der Waals surface area (Å²) in [6.07, 6.45) is -1.38. The number of carbonyl (C=O) groups excluding carboxylic acids is 3. The first-order valence-corrected chi connectivity index (χ1v) is 8.16. The molecule has 0 aromatic heterocycles. The van der Waals surface area contributed by atoms with Crippen molar-refractivity contribution in [3.05, 3.63) is 41.5 Å². The number of alkyl halides is 3. The van der Waals surface area contributed by atoms with Crippen LogP contribution in [0.3, 0.4) is 0 Å². The van der Waals surface area contributed by atoms with Gasteiger partial charge in [-0.1, -0.05) is 19.1 Å². The van der Waals surface area contributed by atoms with E-state index in [0.717, 1.165) is 29.5 Å². The summed E-state index contributed by atoms with van der Waals surface area (Å²) in [5.74, 6) is -1.70. The quantitative estimate of drug-likeness (QED) is 0.549. The van der Waals surface area contributed by atoms with Crippen LogP contribution in [0.25, 0.3) is 6.08 Å². The van der Waals surface area contributed by atoms with Gasteiger partial charge in [-0.15, -0.1) is 0 Å². The molecule has 0 saturated carbocycles. The van der Waals surface area contributed by atoms with Crippen LogP contribution in [-0.4, -0.2) is 49.4 Å². The predicted octanol–water partition coefficient (Wildman–Crippen LogP) is 2.25. The van der Waals surface area contributed by atoms with Crippen LogP contribution in [0.4, 0.5) is 13.2 Å². The topological polar surface area (TPSA) is 75.7 Å². The van der Waals surface area contributed by atoms with Gasteiger partial charge in [-0.25, -0.2) is 4.79 Å². The fourth-order valence-electron chi connectivity index (χ4n) is 1.86. The number of carbonyl (C=O) groups is 3. The van der Waals surface area contributed by atoms with Gasteiger partial charge in [0.05, 0.1) is 12.1 Å². The maximum Gasteiger partial charge on any atom is 0.416 e. The molecular formula is C18H21F3N2O4. The largest absolute Gasteiger partial charge is 0.452 e. The molecule has 2 amide bonds. The third-order valence-corrected chi connectivity index (χ3v) is 3.37. The fraction of sp³-hybridized carbons (Fsp3) is 0.389. The van der Waals surface area contributed by atoms with Crippen LogP contribution in [0.1, 0.15) is 24.5 Å². The number of benzene rings is 1. The van der Waals surface area contributed by atoms with Crippen LogP contribution in [0.5, 0.6) is 0 Å². The summed E-state index contributed by atoms with van der Waals surface area (Å²) in [6.45, 7) is 1.70. The summed E-state index contributed by atoms with van der Waals surface area (Å²) in [4.78, 5) is 36.0. The number of esters is 1. The first-order chi connectivity index (χ1) is 12.6. The van der Waals surface area contributed by atoms with Gasteiger partial charge in [-0.3, -0.25) is 9.59 Å². The van der Waals surface area contributed by atoms with E-state index in [-0.39, 0.29) is 12.5 Å². The minimum Gasteiger partial charge on any atom is -0.452 e. The fourth-order valence-corrected chi connectivity index (χ4v) is 1.86. The summed E-state index contributed by atoms with van der Waals surface area (Å²) in [5, 5.41) is 2.61. The number of ether oxygens (including phenoxy) is 1. The van der Waals surface area contributed by atoms with Gasteiger partial charge in [-0.2, -0.15) is 13.2 Å². The smallest absolute Gasteiger partial charge is 0.416 e. The van der Waals surface area contributed by atoms with E-state index < -0.39 is 30.2 Å². The molecule has 0 heterocycles. The van der Waals surface area contributed by atoms with Gasteiger partial charge in [0.1, 0.15) is 0 Å². The van der Waals surface area contributed by atoms with Gasteiger partial charge in [0.15, 0.2) is 6.61 Å². The van der Waals surface area contributed by atoms with Gasteiger partial charge in [-0.05, 0) is 30.2 Å². The van der Waals surface area contributed by atoms with Crippen molar-refractivity contribution in [2.24, 2.45) is 0 Å². The second-order valence-corrected chi connectivity index (χ2v) is 5.66. The molecule has 148 valence electrons. The molecule has 1 N–H and O–H groups in total. The first kappa shape index (κ1) is 22.2. The lowest BCUT2D eigenvalue weighted by molar-refractivity contribution is -0.148. The predicted molar refractivity (Wildman–Crippen MR) is 92.4 cm³/mol. The van der Waals surface area contributed by atoms with E-state index in [2.05, 4.69) is 5.32 Å². The Morgan fingerprint density at radius 2 is 1.81 bits per heavy atom. The van der Waals surface area contributed by atoms with E-state index >= 15 is 0 Å². The molecular weight excluding hydrogens is 365 g/mol. The Labute approximate surface area is 155 Å². The molecule has 27 heavy (non-hydrogen) atoms. The highest BCUT2D eigenvalue weighted by Crippen LogP contribution is 2.29. The Bertz CT molecular complexity index is 685. The number of amides is 2. The van der Waals surface area contributed by atoms with E-state index in [9.17, 15) is 27.6 Å². The van der Waals surface area contributed by atoms with E-state index in [0.29, 0.717) is 12.1 Å². The number of hydrogen-bond acceptors (Lipinski definition) is 4. The standard InChI is InChI=1S/C18H21F3N2O4/c1-3-10-22-15(24)11-23(2)16(25)12-27-17(26)9-6-13-4-7-14(8-5-13)18(19,20)21/h4-9H,3,10-12H2,1-2H3,(H,22,24)/b9-6+. The molecule has 0 saturated heterocycles. The average Bonchev–Trinajstić information content (AvgIpc) is 2.62. The van der Waals surface area contributed by atoms with Crippen LogP contribution in [-0.2, 0) is 25.3 Å². The number of rotatable bonds is 8. The van der Waals surface area contributed by atoms with Crippen LogP contribution in [0, 0.1) is 0 Å². The summed E-state index contributed by atoms with van der Waals surface area (Å²) in [7, 11) is 1.40. The SMILES string of the molecule is CCCNC(=O)CN(C)C(=O)COC(=O)/C=C/c1ccc(C(F)(F)F)cc1. The minimum absolute atomic E-state index is 0.155. The maximum atomic E-state index is 12.5. The summed E-state index contributed by atoms with van der Waals surface area (Å²) in [6, 6.07) is 4.21. The van der Waals surface area contributed by atoms with Crippen LogP contribution < -0.4 is 5.32 Å². The molecule has 1 rings (SSSR count). The number of likely N-dealkylation sites (N-methyl/N-ethyl adjacent to an activating group) is 1. The first-order valence-electron chi connectivity index (χ1n) is 8.16. The van der Waals surface area contributed by atoms with E-state index in [1.54, 1.807) is 0 Å². The molecule has 0 fully saturated rings. The minimum atomic E-state index is -4.43. The average molecular weight is 386 g/mol. The van der Waals surface area contributed by atoms with Gasteiger partial charge >= 0.3 is 12.1 Å². The zero-order chi connectivity index (χ0) is 20.4. The Morgan fingerprint density at radius 1 is 1.19 bits per heavy atom. The van der Waals surface area contributed by atoms with Crippen molar-refractivity contribution in [3.8, 4) is 0 Å². The van der Waals surface area contributed by atoms with E-state index in [4.69, 9.17) is 4.74 Å². The van der Waals surface area contributed by atoms with Crippen molar-refractivity contribution in [1.29, 1.82) is 0 Å². The third kappa shape index (κ3) is 8.39. The lowest BCUT2D eigenvalue weighted by Gasteiger charge is -2.16. The Kier molecular flexibility index (Phi) is 8.50. The van der Waals surface area contributed by atoms with Crippen LogP contribution >= 0.6 is 0 Å². The molecule has 6 nitrogen and oxygen atoms in total.